The van der Waals surface area contributed by atoms with E-state index < -0.39 is 6.10 Å². The average molecular weight is 303 g/mol. The summed E-state index contributed by atoms with van der Waals surface area (Å²) in [6.07, 6.45) is 5.87. The van der Waals surface area contributed by atoms with Gasteiger partial charge in [0, 0.05) is 19.7 Å². The molecular formula is C16H33NO4. The summed E-state index contributed by atoms with van der Waals surface area (Å²) in [6, 6.07) is 0. The first-order chi connectivity index (χ1) is 10.2. The lowest BCUT2D eigenvalue weighted by atomic mass is 9.86. The Morgan fingerprint density at radius 1 is 1.14 bits per heavy atom. The largest absolute Gasteiger partial charge is 0.393 e. The molecular weight excluding hydrogens is 270 g/mol. The molecule has 0 saturated heterocycles. The van der Waals surface area contributed by atoms with Crippen molar-refractivity contribution in [1.82, 2.24) is 5.32 Å². The highest BCUT2D eigenvalue weighted by Crippen LogP contribution is 2.23. The smallest absolute Gasteiger partial charge is 0.0897 e. The van der Waals surface area contributed by atoms with Crippen LogP contribution in [0.1, 0.15) is 45.4 Å². The molecule has 0 aromatic rings. The van der Waals surface area contributed by atoms with E-state index in [1.54, 1.807) is 0 Å². The Morgan fingerprint density at radius 3 is 2.67 bits per heavy atom. The fraction of sp³-hybridized carbons (Fsp3) is 1.00. The second-order valence-corrected chi connectivity index (χ2v) is 5.96. The van der Waals surface area contributed by atoms with Gasteiger partial charge in [0.15, 0.2) is 0 Å². The second kappa shape index (κ2) is 12.4. The summed E-state index contributed by atoms with van der Waals surface area (Å²) < 4.78 is 10.8. The fourth-order valence-electron chi connectivity index (χ4n) is 2.61. The first-order valence-corrected chi connectivity index (χ1v) is 8.46. The van der Waals surface area contributed by atoms with Crippen LogP contribution in [-0.4, -0.2) is 61.9 Å². The number of aliphatic hydroxyl groups excluding tert-OH is 2. The average Bonchev–Trinajstić information content (AvgIpc) is 2.48. The van der Waals surface area contributed by atoms with Crippen molar-refractivity contribution >= 4 is 0 Å². The zero-order chi connectivity index (χ0) is 15.3. The first kappa shape index (κ1) is 18.8. The van der Waals surface area contributed by atoms with Crippen LogP contribution in [0.2, 0.25) is 0 Å². The van der Waals surface area contributed by atoms with Crippen molar-refractivity contribution in [3.63, 3.8) is 0 Å². The maximum absolute atomic E-state index is 9.86. The Balaban J connectivity index is 1.90. The molecule has 0 aliphatic heterocycles. The lowest BCUT2D eigenvalue weighted by Crippen LogP contribution is -2.38. The summed E-state index contributed by atoms with van der Waals surface area (Å²) in [7, 11) is 0. The lowest BCUT2D eigenvalue weighted by molar-refractivity contribution is 0.00255. The van der Waals surface area contributed by atoms with E-state index in [-0.39, 0.29) is 6.10 Å². The van der Waals surface area contributed by atoms with Crippen LogP contribution in [0.15, 0.2) is 0 Å². The van der Waals surface area contributed by atoms with E-state index in [0.29, 0.717) is 32.3 Å². The molecule has 3 unspecified atom stereocenters. The summed E-state index contributed by atoms with van der Waals surface area (Å²) in [4.78, 5) is 0. The highest BCUT2D eigenvalue weighted by molar-refractivity contribution is 4.76. The molecule has 0 bridgehead atoms. The highest BCUT2D eigenvalue weighted by Gasteiger charge is 2.22. The van der Waals surface area contributed by atoms with Crippen LogP contribution in [-0.2, 0) is 9.47 Å². The number of ether oxygens (including phenoxy) is 2. The van der Waals surface area contributed by atoms with Gasteiger partial charge in [0.1, 0.15) is 0 Å². The molecule has 0 spiro atoms. The van der Waals surface area contributed by atoms with Gasteiger partial charge in [-0.3, -0.25) is 0 Å². The number of nitrogens with one attached hydrogen (secondary N) is 1. The van der Waals surface area contributed by atoms with Gasteiger partial charge in [0.2, 0.25) is 0 Å². The molecule has 5 heteroatoms. The SMILES string of the molecule is CCCCOCCOCC(O)CNCC1CCCCC1O. The first-order valence-electron chi connectivity index (χ1n) is 8.46. The van der Waals surface area contributed by atoms with Crippen molar-refractivity contribution < 1.29 is 19.7 Å². The predicted molar refractivity (Wildman–Crippen MR) is 83.4 cm³/mol. The topological polar surface area (TPSA) is 71.0 Å². The number of aliphatic hydroxyl groups is 2. The maximum Gasteiger partial charge on any atom is 0.0897 e. The molecule has 1 rings (SSSR count). The molecule has 0 heterocycles. The van der Waals surface area contributed by atoms with Gasteiger partial charge in [-0.2, -0.15) is 0 Å². The standard InChI is InChI=1S/C16H33NO4/c1-2-3-8-20-9-10-21-13-15(18)12-17-11-14-6-4-5-7-16(14)19/h14-19H,2-13H2,1H3. The van der Waals surface area contributed by atoms with Crippen LogP contribution >= 0.6 is 0 Å². The van der Waals surface area contributed by atoms with Gasteiger partial charge in [0.25, 0.3) is 0 Å². The van der Waals surface area contributed by atoms with Crippen LogP contribution in [0.4, 0.5) is 0 Å². The van der Waals surface area contributed by atoms with Gasteiger partial charge in [-0.15, -0.1) is 0 Å². The van der Waals surface area contributed by atoms with Gasteiger partial charge in [0.05, 0.1) is 32.0 Å². The molecule has 0 radical (unpaired) electrons. The predicted octanol–water partition coefficient (Wildman–Crippen LogP) is 1.32. The molecule has 0 aromatic carbocycles. The van der Waals surface area contributed by atoms with Crippen molar-refractivity contribution in [3.05, 3.63) is 0 Å². The Labute approximate surface area is 129 Å². The van der Waals surface area contributed by atoms with Crippen LogP contribution in [0.25, 0.3) is 0 Å². The van der Waals surface area contributed by atoms with Crippen molar-refractivity contribution in [1.29, 1.82) is 0 Å². The van der Waals surface area contributed by atoms with Crippen LogP contribution < -0.4 is 5.32 Å². The summed E-state index contributed by atoms with van der Waals surface area (Å²) in [5.41, 5.74) is 0. The van der Waals surface area contributed by atoms with E-state index in [0.717, 1.165) is 45.3 Å². The minimum atomic E-state index is -0.499. The number of unbranched alkanes of at least 4 members (excludes halogenated alkanes) is 1. The number of hydrogen-bond acceptors (Lipinski definition) is 5. The van der Waals surface area contributed by atoms with E-state index in [4.69, 9.17) is 9.47 Å². The van der Waals surface area contributed by atoms with Gasteiger partial charge in [-0.1, -0.05) is 26.2 Å². The normalized spacial score (nSPS) is 24.1. The molecule has 3 N–H and O–H groups in total. The molecule has 126 valence electrons. The zero-order valence-electron chi connectivity index (χ0n) is 13.4. The van der Waals surface area contributed by atoms with E-state index >= 15 is 0 Å². The van der Waals surface area contributed by atoms with Crippen molar-refractivity contribution in [2.75, 3.05) is 39.5 Å². The van der Waals surface area contributed by atoms with E-state index in [1.165, 1.54) is 6.42 Å². The molecule has 5 nitrogen and oxygen atoms in total. The summed E-state index contributed by atoms with van der Waals surface area (Å²) in [5.74, 6) is 0.332. The van der Waals surface area contributed by atoms with Gasteiger partial charge in [-0.05, 0) is 25.2 Å². The minimum Gasteiger partial charge on any atom is -0.393 e. The highest BCUT2D eigenvalue weighted by atomic mass is 16.5. The summed E-state index contributed by atoms with van der Waals surface area (Å²) in [5, 5.41) is 22.9. The van der Waals surface area contributed by atoms with E-state index in [9.17, 15) is 10.2 Å². The van der Waals surface area contributed by atoms with Gasteiger partial charge >= 0.3 is 0 Å². The monoisotopic (exact) mass is 303 g/mol. The molecule has 0 amide bonds. The third-order valence-corrected chi connectivity index (χ3v) is 3.98. The Kier molecular flexibility index (Phi) is 11.1. The third-order valence-electron chi connectivity index (χ3n) is 3.98. The van der Waals surface area contributed by atoms with Gasteiger partial charge in [-0.25, -0.2) is 0 Å². The zero-order valence-corrected chi connectivity index (χ0v) is 13.4. The van der Waals surface area contributed by atoms with E-state index in [2.05, 4.69) is 12.2 Å². The molecule has 1 saturated carbocycles. The van der Waals surface area contributed by atoms with Crippen molar-refractivity contribution in [3.8, 4) is 0 Å². The Morgan fingerprint density at radius 2 is 1.90 bits per heavy atom. The van der Waals surface area contributed by atoms with Crippen molar-refractivity contribution in [2.24, 2.45) is 5.92 Å². The Bertz CT molecular complexity index is 240. The van der Waals surface area contributed by atoms with Gasteiger partial charge < -0.3 is 25.0 Å². The summed E-state index contributed by atoms with van der Waals surface area (Å²) in [6.45, 7) is 5.66. The molecule has 1 aliphatic carbocycles. The second-order valence-electron chi connectivity index (χ2n) is 5.96. The number of rotatable bonds is 12. The quantitative estimate of drug-likeness (QED) is 0.474. The Hall–Kier alpha value is -0.200. The lowest BCUT2D eigenvalue weighted by Gasteiger charge is -2.28. The van der Waals surface area contributed by atoms with Crippen LogP contribution in [0.5, 0.6) is 0 Å². The van der Waals surface area contributed by atoms with Crippen LogP contribution in [0, 0.1) is 5.92 Å². The van der Waals surface area contributed by atoms with Crippen LogP contribution in [0.3, 0.4) is 0 Å². The minimum absolute atomic E-state index is 0.181. The molecule has 1 aliphatic rings. The molecule has 0 aromatic heterocycles. The maximum atomic E-state index is 9.86. The summed E-state index contributed by atoms with van der Waals surface area (Å²) >= 11 is 0. The fourth-order valence-corrected chi connectivity index (χ4v) is 2.61. The molecule has 1 fully saturated rings. The van der Waals surface area contributed by atoms with E-state index in [1.807, 2.05) is 0 Å². The van der Waals surface area contributed by atoms with Crippen molar-refractivity contribution in [2.45, 2.75) is 57.7 Å². The number of hydrogen-bond donors (Lipinski definition) is 3. The molecule has 21 heavy (non-hydrogen) atoms. The molecule has 3 atom stereocenters. The third kappa shape index (κ3) is 9.42.